The van der Waals surface area contributed by atoms with Gasteiger partial charge in [0.1, 0.15) is 0 Å². The molecule has 2 heteroatoms. The van der Waals surface area contributed by atoms with Gasteiger partial charge < -0.3 is 0 Å². The topological polar surface area (TPSA) is 25.8 Å². The summed E-state index contributed by atoms with van der Waals surface area (Å²) in [5.74, 6) is 1.69. The zero-order valence-electron chi connectivity index (χ0n) is 24.1. The molecule has 2 nitrogen and oxygen atoms in total. The van der Waals surface area contributed by atoms with Crippen LogP contribution in [-0.2, 0) is 12.8 Å². The summed E-state index contributed by atoms with van der Waals surface area (Å²) in [4.78, 5) is 9.30. The van der Waals surface area contributed by atoms with Gasteiger partial charge in [-0.3, -0.25) is 0 Å². The molecule has 0 bridgehead atoms. The van der Waals surface area contributed by atoms with E-state index in [0.29, 0.717) is 0 Å². The second-order valence-corrected chi connectivity index (χ2v) is 11.5. The first-order chi connectivity index (χ1) is 17.7. The molecule has 0 saturated carbocycles. The Kier molecular flexibility index (Phi) is 17.3. The third-order valence-corrected chi connectivity index (χ3v) is 7.48. The average Bonchev–Trinajstić information content (AvgIpc) is 2.89. The zero-order chi connectivity index (χ0) is 25.7. The second kappa shape index (κ2) is 20.4. The van der Waals surface area contributed by atoms with Crippen LogP contribution in [0.3, 0.4) is 0 Å². The molecule has 0 aliphatic rings. The maximum Gasteiger partial charge on any atom is 0.159 e. The number of aryl methyl sites for hydroxylation is 2. The van der Waals surface area contributed by atoms with Crippen molar-refractivity contribution in [3.05, 3.63) is 47.8 Å². The van der Waals surface area contributed by atoms with Crippen LogP contribution >= 0.6 is 0 Å². The molecule has 1 aromatic carbocycles. The molecule has 0 aliphatic carbocycles. The monoisotopic (exact) mass is 492 g/mol. The van der Waals surface area contributed by atoms with Gasteiger partial charge in [-0.2, -0.15) is 0 Å². The molecule has 202 valence electrons. The Morgan fingerprint density at radius 1 is 0.528 bits per heavy atom. The smallest absolute Gasteiger partial charge is 0.159 e. The normalized spacial score (nSPS) is 11.4. The van der Waals surface area contributed by atoms with Gasteiger partial charge in [0, 0.05) is 18.0 Å². The SMILES string of the molecule is CCCCCCCCCCCCCCc1ccc(-c2ncc(CCCCCCCC(C)C)cn2)cc1. The molecule has 2 aromatic rings. The molecule has 2 rings (SSSR count). The number of unbranched alkanes of at least 4 members (excludes halogenated alkanes) is 15. The maximum absolute atomic E-state index is 4.65. The van der Waals surface area contributed by atoms with Crippen molar-refractivity contribution >= 4 is 0 Å². The Balaban J connectivity index is 1.53. The predicted molar refractivity (Wildman–Crippen MR) is 158 cm³/mol. The van der Waals surface area contributed by atoms with Gasteiger partial charge >= 0.3 is 0 Å². The lowest BCUT2D eigenvalue weighted by Gasteiger charge is -2.06. The molecule has 0 amide bonds. The summed E-state index contributed by atoms with van der Waals surface area (Å²) in [5, 5.41) is 0. The van der Waals surface area contributed by atoms with Crippen molar-refractivity contribution < 1.29 is 0 Å². The van der Waals surface area contributed by atoms with Gasteiger partial charge in [0.05, 0.1) is 0 Å². The Morgan fingerprint density at radius 2 is 0.972 bits per heavy atom. The summed E-state index contributed by atoms with van der Waals surface area (Å²) in [5.41, 5.74) is 3.84. The van der Waals surface area contributed by atoms with E-state index in [-0.39, 0.29) is 0 Å². The Morgan fingerprint density at radius 3 is 1.47 bits per heavy atom. The van der Waals surface area contributed by atoms with Crippen molar-refractivity contribution in [1.82, 2.24) is 9.97 Å². The largest absolute Gasteiger partial charge is 0.236 e. The molecular weight excluding hydrogens is 436 g/mol. The number of hydrogen-bond donors (Lipinski definition) is 0. The molecule has 0 atom stereocenters. The molecule has 36 heavy (non-hydrogen) atoms. The standard InChI is InChI=1S/C34H56N2/c1-4-5-6-7-8-9-10-11-12-13-16-19-22-31-24-26-33(27-25-31)34-35-28-32(29-36-34)23-20-17-14-15-18-21-30(2)3/h24-30H,4-23H2,1-3H3. The van der Waals surface area contributed by atoms with Crippen molar-refractivity contribution in [1.29, 1.82) is 0 Å². The van der Waals surface area contributed by atoms with Crippen molar-refractivity contribution in [2.75, 3.05) is 0 Å². The second-order valence-electron chi connectivity index (χ2n) is 11.5. The molecule has 0 N–H and O–H groups in total. The van der Waals surface area contributed by atoms with Crippen molar-refractivity contribution in [3.63, 3.8) is 0 Å². The number of aromatic nitrogens is 2. The van der Waals surface area contributed by atoms with Crippen LogP contribution in [0.4, 0.5) is 0 Å². The zero-order valence-corrected chi connectivity index (χ0v) is 24.1. The van der Waals surface area contributed by atoms with Crippen LogP contribution in [0.2, 0.25) is 0 Å². The van der Waals surface area contributed by atoms with E-state index in [1.165, 1.54) is 133 Å². The van der Waals surface area contributed by atoms with Crippen LogP contribution < -0.4 is 0 Å². The third kappa shape index (κ3) is 14.8. The molecule has 0 radical (unpaired) electrons. The van der Waals surface area contributed by atoms with E-state index in [1.807, 2.05) is 12.4 Å². The summed E-state index contributed by atoms with van der Waals surface area (Å²) in [6, 6.07) is 8.93. The summed E-state index contributed by atoms with van der Waals surface area (Å²) in [6.07, 6.45) is 31.3. The Labute approximate surface area is 224 Å². The van der Waals surface area contributed by atoms with Gasteiger partial charge in [-0.25, -0.2) is 9.97 Å². The molecule has 0 spiro atoms. The first kappa shape index (κ1) is 30.5. The Bertz CT molecular complexity index is 748. The molecule has 0 unspecified atom stereocenters. The van der Waals surface area contributed by atoms with Gasteiger partial charge in [-0.1, -0.05) is 148 Å². The average molecular weight is 493 g/mol. The minimum absolute atomic E-state index is 0.844. The number of hydrogen-bond acceptors (Lipinski definition) is 2. The lowest BCUT2D eigenvalue weighted by atomic mass is 10.0. The molecule has 1 aromatic heterocycles. The number of rotatable bonds is 22. The van der Waals surface area contributed by atoms with Gasteiger partial charge in [-0.15, -0.1) is 0 Å². The molecule has 0 aliphatic heterocycles. The van der Waals surface area contributed by atoms with Crippen molar-refractivity contribution in [3.8, 4) is 11.4 Å². The van der Waals surface area contributed by atoms with E-state index in [1.54, 1.807) is 0 Å². The fraction of sp³-hybridized carbons (Fsp3) is 0.706. The van der Waals surface area contributed by atoms with Crippen LogP contribution in [0, 0.1) is 5.92 Å². The summed E-state index contributed by atoms with van der Waals surface area (Å²) in [6.45, 7) is 6.93. The summed E-state index contributed by atoms with van der Waals surface area (Å²) < 4.78 is 0. The van der Waals surface area contributed by atoms with E-state index >= 15 is 0 Å². The molecule has 1 heterocycles. The van der Waals surface area contributed by atoms with Crippen LogP contribution in [-0.4, -0.2) is 9.97 Å². The number of nitrogens with zero attached hydrogens (tertiary/aromatic N) is 2. The quantitative estimate of drug-likeness (QED) is 0.153. The first-order valence-corrected chi connectivity index (χ1v) is 15.6. The Hall–Kier alpha value is -1.70. The van der Waals surface area contributed by atoms with Gasteiger partial charge in [0.15, 0.2) is 5.82 Å². The molecule has 0 saturated heterocycles. The van der Waals surface area contributed by atoms with Crippen LogP contribution in [0.25, 0.3) is 11.4 Å². The van der Waals surface area contributed by atoms with Gasteiger partial charge in [0.25, 0.3) is 0 Å². The van der Waals surface area contributed by atoms with E-state index in [9.17, 15) is 0 Å². The van der Waals surface area contributed by atoms with E-state index in [2.05, 4.69) is 55.0 Å². The minimum atomic E-state index is 0.844. The van der Waals surface area contributed by atoms with Crippen LogP contribution in [0.1, 0.15) is 147 Å². The highest BCUT2D eigenvalue weighted by Crippen LogP contribution is 2.18. The predicted octanol–water partition coefficient (Wildman–Crippen LogP) is 10.9. The van der Waals surface area contributed by atoms with Gasteiger partial charge in [-0.05, 0) is 42.7 Å². The lowest BCUT2D eigenvalue weighted by molar-refractivity contribution is 0.515. The lowest BCUT2D eigenvalue weighted by Crippen LogP contribution is -1.94. The summed E-state index contributed by atoms with van der Waals surface area (Å²) in [7, 11) is 0. The first-order valence-electron chi connectivity index (χ1n) is 15.6. The molecule has 0 fully saturated rings. The minimum Gasteiger partial charge on any atom is -0.236 e. The van der Waals surface area contributed by atoms with E-state index in [0.717, 1.165) is 23.7 Å². The van der Waals surface area contributed by atoms with Crippen molar-refractivity contribution in [2.45, 2.75) is 149 Å². The molecular formula is C34H56N2. The van der Waals surface area contributed by atoms with Gasteiger partial charge in [0.2, 0.25) is 0 Å². The highest BCUT2D eigenvalue weighted by atomic mass is 14.9. The fourth-order valence-corrected chi connectivity index (χ4v) is 5.04. The number of benzene rings is 1. The summed E-state index contributed by atoms with van der Waals surface area (Å²) >= 11 is 0. The van der Waals surface area contributed by atoms with E-state index in [4.69, 9.17) is 0 Å². The highest BCUT2D eigenvalue weighted by Gasteiger charge is 2.03. The van der Waals surface area contributed by atoms with Crippen molar-refractivity contribution in [2.24, 2.45) is 5.92 Å². The third-order valence-electron chi connectivity index (χ3n) is 7.48. The van der Waals surface area contributed by atoms with Crippen LogP contribution in [0.15, 0.2) is 36.7 Å². The fourth-order valence-electron chi connectivity index (χ4n) is 5.04. The maximum atomic E-state index is 4.65. The highest BCUT2D eigenvalue weighted by molar-refractivity contribution is 5.55. The van der Waals surface area contributed by atoms with Crippen LogP contribution in [0.5, 0.6) is 0 Å². The van der Waals surface area contributed by atoms with E-state index < -0.39 is 0 Å².